The van der Waals surface area contributed by atoms with Crippen molar-refractivity contribution < 1.29 is 9.59 Å². The van der Waals surface area contributed by atoms with E-state index in [0.29, 0.717) is 10.0 Å². The third kappa shape index (κ3) is 7.25. The van der Waals surface area contributed by atoms with Crippen molar-refractivity contribution in [3.05, 3.63) is 63.6 Å². The number of thioether (sulfide) groups is 1. The van der Waals surface area contributed by atoms with Crippen LogP contribution in [0, 0.1) is 6.92 Å². The molecule has 2 rings (SSSR count). The van der Waals surface area contributed by atoms with E-state index in [-0.39, 0.29) is 30.2 Å². The summed E-state index contributed by atoms with van der Waals surface area (Å²) < 4.78 is 0. The lowest BCUT2D eigenvalue weighted by Crippen LogP contribution is -2.49. The Bertz CT molecular complexity index is 856. The summed E-state index contributed by atoms with van der Waals surface area (Å²) in [6.45, 7) is 7.82. The van der Waals surface area contributed by atoms with Gasteiger partial charge in [-0.15, -0.1) is 11.8 Å². The Morgan fingerprint density at radius 3 is 2.28 bits per heavy atom. The minimum Gasteiger partial charge on any atom is -0.352 e. The zero-order valence-electron chi connectivity index (χ0n) is 17.0. The second-order valence-corrected chi connectivity index (χ2v) is 9.07. The Hall–Kier alpha value is -1.69. The molecule has 7 heteroatoms. The fraction of sp³-hybridized carbons (Fsp3) is 0.364. The summed E-state index contributed by atoms with van der Waals surface area (Å²) in [6, 6.07) is 12.6. The van der Waals surface area contributed by atoms with Crippen LogP contribution < -0.4 is 5.32 Å². The number of nitrogens with one attached hydrogen (secondary N) is 1. The molecule has 2 aromatic carbocycles. The Morgan fingerprint density at radius 1 is 1.03 bits per heavy atom. The predicted molar refractivity (Wildman–Crippen MR) is 122 cm³/mol. The van der Waals surface area contributed by atoms with Gasteiger partial charge in [0.1, 0.15) is 6.04 Å². The molecule has 0 aliphatic rings. The van der Waals surface area contributed by atoms with E-state index < -0.39 is 6.04 Å². The van der Waals surface area contributed by atoms with Gasteiger partial charge in [-0.3, -0.25) is 9.59 Å². The van der Waals surface area contributed by atoms with Gasteiger partial charge in [-0.25, -0.2) is 0 Å². The maximum atomic E-state index is 13.0. The van der Waals surface area contributed by atoms with Gasteiger partial charge in [0.2, 0.25) is 11.8 Å². The molecule has 0 aliphatic carbocycles. The first-order chi connectivity index (χ1) is 13.7. The van der Waals surface area contributed by atoms with Crippen molar-refractivity contribution >= 4 is 46.8 Å². The lowest BCUT2D eigenvalue weighted by atomic mass is 10.1. The molecule has 0 saturated heterocycles. The van der Waals surface area contributed by atoms with Crippen molar-refractivity contribution in [3.63, 3.8) is 0 Å². The molecule has 0 bridgehead atoms. The van der Waals surface area contributed by atoms with Gasteiger partial charge in [0.05, 0.1) is 15.8 Å². The van der Waals surface area contributed by atoms with Gasteiger partial charge < -0.3 is 10.2 Å². The van der Waals surface area contributed by atoms with Crippen molar-refractivity contribution in [3.8, 4) is 0 Å². The van der Waals surface area contributed by atoms with Gasteiger partial charge in [0, 0.05) is 17.5 Å². The second-order valence-electron chi connectivity index (χ2n) is 7.21. The molecule has 1 unspecified atom stereocenters. The summed E-state index contributed by atoms with van der Waals surface area (Å²) in [5.74, 6) is -0.0641. The Morgan fingerprint density at radius 2 is 1.69 bits per heavy atom. The van der Waals surface area contributed by atoms with Crippen LogP contribution in [-0.4, -0.2) is 34.6 Å². The largest absolute Gasteiger partial charge is 0.352 e. The van der Waals surface area contributed by atoms with Gasteiger partial charge in [-0.05, 0) is 57.5 Å². The van der Waals surface area contributed by atoms with E-state index >= 15 is 0 Å². The first-order valence-electron chi connectivity index (χ1n) is 9.40. The molecule has 29 heavy (non-hydrogen) atoms. The molecule has 2 amide bonds. The number of halogens is 2. The van der Waals surface area contributed by atoms with Crippen LogP contribution in [0.15, 0.2) is 47.4 Å². The Labute approximate surface area is 187 Å². The first-order valence-corrected chi connectivity index (χ1v) is 11.1. The van der Waals surface area contributed by atoms with Gasteiger partial charge in [-0.1, -0.05) is 47.0 Å². The van der Waals surface area contributed by atoms with E-state index in [2.05, 4.69) is 5.32 Å². The highest BCUT2D eigenvalue weighted by Gasteiger charge is 2.26. The summed E-state index contributed by atoms with van der Waals surface area (Å²) in [6.07, 6.45) is 0. The third-order valence-electron chi connectivity index (χ3n) is 4.32. The summed E-state index contributed by atoms with van der Waals surface area (Å²) in [5, 5.41) is 3.75. The highest BCUT2D eigenvalue weighted by atomic mass is 35.5. The normalized spacial score (nSPS) is 12.0. The topological polar surface area (TPSA) is 49.4 Å². The number of hydrogen-bond acceptors (Lipinski definition) is 3. The van der Waals surface area contributed by atoms with Crippen molar-refractivity contribution in [2.45, 2.75) is 51.2 Å². The average molecular weight is 453 g/mol. The van der Waals surface area contributed by atoms with Crippen LogP contribution in [0.1, 0.15) is 31.9 Å². The summed E-state index contributed by atoms with van der Waals surface area (Å²) in [7, 11) is 0. The van der Waals surface area contributed by atoms with Crippen LogP contribution in [0.3, 0.4) is 0 Å². The third-order valence-corrected chi connectivity index (χ3v) is 6.05. The molecule has 0 heterocycles. The van der Waals surface area contributed by atoms with E-state index in [1.54, 1.807) is 24.0 Å². The second kappa shape index (κ2) is 10.9. The average Bonchev–Trinajstić information content (AvgIpc) is 2.67. The van der Waals surface area contributed by atoms with Gasteiger partial charge in [-0.2, -0.15) is 0 Å². The van der Waals surface area contributed by atoms with E-state index in [1.165, 1.54) is 17.3 Å². The van der Waals surface area contributed by atoms with Gasteiger partial charge in [0.25, 0.3) is 0 Å². The number of rotatable bonds is 8. The number of benzene rings is 2. The van der Waals surface area contributed by atoms with Crippen LogP contribution in [0.25, 0.3) is 0 Å². The standard InChI is InChI=1S/C22H26Cl2N2O2S/c1-14(2)25-22(28)16(4)26(12-17-7-10-19(23)20(24)11-17)21(27)13-29-18-8-5-15(3)6-9-18/h5-11,14,16H,12-13H2,1-4H3,(H,25,28). The van der Waals surface area contributed by atoms with E-state index in [9.17, 15) is 9.59 Å². The quantitative estimate of drug-likeness (QED) is 0.550. The molecule has 2 aromatic rings. The van der Waals surface area contributed by atoms with Gasteiger partial charge >= 0.3 is 0 Å². The molecule has 0 fully saturated rings. The molecule has 0 aliphatic heterocycles. The van der Waals surface area contributed by atoms with Gasteiger partial charge in [0.15, 0.2) is 0 Å². The Kier molecular flexibility index (Phi) is 8.87. The van der Waals surface area contributed by atoms with E-state index in [0.717, 1.165) is 10.5 Å². The fourth-order valence-electron chi connectivity index (χ4n) is 2.68. The molecular weight excluding hydrogens is 427 g/mol. The Balaban J connectivity index is 2.17. The minimum absolute atomic E-state index is 0.00573. The molecular formula is C22H26Cl2N2O2S. The van der Waals surface area contributed by atoms with Crippen LogP contribution in [-0.2, 0) is 16.1 Å². The van der Waals surface area contributed by atoms with Crippen LogP contribution in [0.4, 0.5) is 0 Å². The van der Waals surface area contributed by atoms with E-state index in [4.69, 9.17) is 23.2 Å². The number of carbonyl (C=O) groups excluding carboxylic acids is 2. The number of carbonyl (C=O) groups is 2. The van der Waals surface area contributed by atoms with Crippen LogP contribution >= 0.6 is 35.0 Å². The molecule has 0 saturated carbocycles. The summed E-state index contributed by atoms with van der Waals surface area (Å²) >= 11 is 13.6. The number of amides is 2. The molecule has 1 atom stereocenters. The molecule has 4 nitrogen and oxygen atoms in total. The van der Waals surface area contributed by atoms with Crippen LogP contribution in [0.2, 0.25) is 10.0 Å². The highest BCUT2D eigenvalue weighted by molar-refractivity contribution is 8.00. The number of aryl methyl sites for hydroxylation is 1. The molecule has 0 radical (unpaired) electrons. The minimum atomic E-state index is -0.613. The zero-order valence-corrected chi connectivity index (χ0v) is 19.4. The molecule has 1 N–H and O–H groups in total. The lowest BCUT2D eigenvalue weighted by Gasteiger charge is -2.29. The molecule has 0 aromatic heterocycles. The van der Waals surface area contributed by atoms with Crippen LogP contribution in [0.5, 0.6) is 0 Å². The SMILES string of the molecule is Cc1ccc(SCC(=O)N(Cc2ccc(Cl)c(Cl)c2)C(C)C(=O)NC(C)C)cc1. The monoisotopic (exact) mass is 452 g/mol. The molecule has 0 spiro atoms. The fourth-order valence-corrected chi connectivity index (χ4v) is 3.79. The predicted octanol–water partition coefficient (Wildman–Crippen LogP) is 5.34. The smallest absolute Gasteiger partial charge is 0.242 e. The van der Waals surface area contributed by atoms with Crippen molar-refractivity contribution in [1.82, 2.24) is 10.2 Å². The van der Waals surface area contributed by atoms with Crippen molar-refractivity contribution in [2.24, 2.45) is 0 Å². The number of nitrogens with zero attached hydrogens (tertiary/aromatic N) is 1. The van der Waals surface area contributed by atoms with E-state index in [1.807, 2.05) is 51.1 Å². The summed E-state index contributed by atoms with van der Waals surface area (Å²) in [4.78, 5) is 28.2. The molecule has 156 valence electrons. The highest BCUT2D eigenvalue weighted by Crippen LogP contribution is 2.25. The van der Waals surface area contributed by atoms with Crippen molar-refractivity contribution in [1.29, 1.82) is 0 Å². The maximum Gasteiger partial charge on any atom is 0.242 e. The first kappa shape index (κ1) is 23.6. The van der Waals surface area contributed by atoms with Crippen molar-refractivity contribution in [2.75, 3.05) is 5.75 Å². The summed E-state index contributed by atoms with van der Waals surface area (Å²) in [5.41, 5.74) is 1.98. The maximum absolute atomic E-state index is 13.0. The number of hydrogen-bond donors (Lipinski definition) is 1. The lowest BCUT2D eigenvalue weighted by molar-refractivity contribution is -0.138. The zero-order chi connectivity index (χ0) is 21.6.